The molecule has 43 heavy (non-hydrogen) atoms. The van der Waals surface area contributed by atoms with Crippen LogP contribution in [0.25, 0.3) is 54.4 Å². The van der Waals surface area contributed by atoms with Gasteiger partial charge in [-0.2, -0.15) is 11.3 Å². The van der Waals surface area contributed by atoms with Crippen LogP contribution in [0.3, 0.4) is 0 Å². The summed E-state index contributed by atoms with van der Waals surface area (Å²) in [6.45, 7) is 4.40. The van der Waals surface area contributed by atoms with E-state index in [1.54, 1.807) is 17.5 Å². The van der Waals surface area contributed by atoms with Gasteiger partial charge in [-0.25, -0.2) is 0 Å². The quantitative estimate of drug-likeness (QED) is 0.165. The first-order valence-corrected chi connectivity index (χ1v) is 14.8. The summed E-state index contributed by atoms with van der Waals surface area (Å²) >= 11 is 1.72. The maximum absolute atomic E-state index is 4.95. The third kappa shape index (κ3) is 7.21. The Morgan fingerprint density at radius 1 is 0.651 bits per heavy atom. The molecule has 0 amide bonds. The van der Waals surface area contributed by atoms with Gasteiger partial charge in [-0.05, 0) is 45.2 Å². The van der Waals surface area contributed by atoms with Gasteiger partial charge in [-0.3, -0.25) is 4.98 Å². The van der Waals surface area contributed by atoms with E-state index in [4.69, 9.17) is 4.98 Å². The molecule has 0 atom stereocenters. The number of fused-ring (bicyclic) bond motifs is 1. The van der Waals surface area contributed by atoms with Gasteiger partial charge in [0.15, 0.2) is 0 Å². The Morgan fingerprint density at radius 3 is 2.02 bits per heavy atom. The molecule has 213 valence electrons. The molecule has 7 rings (SSSR count). The van der Waals surface area contributed by atoms with Crippen molar-refractivity contribution in [2.45, 2.75) is 19.8 Å². The number of aromatic nitrogens is 3. The molecule has 0 saturated heterocycles. The molecule has 1 radical (unpaired) electrons. The fourth-order valence-corrected chi connectivity index (χ4v) is 5.73. The maximum Gasteiger partial charge on any atom is 0.113 e. The monoisotopic (exact) mass is 752 g/mol. The number of hydrogen-bond acceptors (Lipinski definition) is 4. The number of rotatable bonds is 5. The summed E-state index contributed by atoms with van der Waals surface area (Å²) in [5, 5.41) is 1.01. The largest absolute Gasteiger partial charge is 0.305 e. The Morgan fingerprint density at radius 2 is 1.35 bits per heavy atom. The van der Waals surface area contributed by atoms with Crippen LogP contribution in [0.5, 0.6) is 0 Å². The summed E-state index contributed by atoms with van der Waals surface area (Å²) < 4.78 is 1.16. The second kappa shape index (κ2) is 14.3. The van der Waals surface area contributed by atoms with Gasteiger partial charge in [0.2, 0.25) is 0 Å². The zero-order valence-corrected chi connectivity index (χ0v) is 27.1. The molecule has 3 heterocycles. The van der Waals surface area contributed by atoms with Crippen LogP contribution in [-0.2, 0) is 20.1 Å². The summed E-state index contributed by atoms with van der Waals surface area (Å²) in [5.74, 6) is 0.452. The van der Waals surface area contributed by atoms with Gasteiger partial charge in [-0.1, -0.05) is 104 Å². The molecule has 0 aliphatic heterocycles. The summed E-state index contributed by atoms with van der Waals surface area (Å²) in [6.07, 6.45) is 3.68. The van der Waals surface area contributed by atoms with Gasteiger partial charge in [-0.15, -0.1) is 53.6 Å². The molecule has 7 aromatic rings. The first kappa shape index (κ1) is 30.2. The average Bonchev–Trinajstić information content (AvgIpc) is 3.51. The van der Waals surface area contributed by atoms with Gasteiger partial charge in [0.05, 0.1) is 0 Å². The van der Waals surface area contributed by atoms with Crippen molar-refractivity contribution in [3.8, 4) is 44.2 Å². The second-order valence-electron chi connectivity index (χ2n) is 10.1. The van der Waals surface area contributed by atoms with E-state index in [2.05, 4.69) is 103 Å². The summed E-state index contributed by atoms with van der Waals surface area (Å²) in [5.41, 5.74) is 9.59. The third-order valence-corrected chi connectivity index (χ3v) is 8.03. The Hall–Kier alpha value is -4.28. The predicted octanol–water partition coefficient (Wildman–Crippen LogP) is 10.2. The fraction of sp³-hybridized carbons (Fsp3) is 0.0789. The van der Waals surface area contributed by atoms with Gasteiger partial charge in [0.1, 0.15) is 5.01 Å². The first-order chi connectivity index (χ1) is 20.7. The van der Waals surface area contributed by atoms with Crippen LogP contribution in [0, 0.1) is 12.1 Å². The van der Waals surface area contributed by atoms with Crippen LogP contribution in [0.15, 0.2) is 134 Å². The minimum Gasteiger partial charge on any atom is -0.305 e. The van der Waals surface area contributed by atoms with E-state index in [0.717, 1.165) is 43.3 Å². The maximum atomic E-state index is 4.95. The van der Waals surface area contributed by atoms with Gasteiger partial charge in [0.25, 0.3) is 0 Å². The molecule has 0 unspecified atom stereocenters. The normalized spacial score (nSPS) is 10.6. The molecule has 4 aromatic carbocycles. The first-order valence-electron chi connectivity index (χ1n) is 14.0. The van der Waals surface area contributed by atoms with E-state index in [1.165, 1.54) is 16.7 Å². The van der Waals surface area contributed by atoms with Crippen molar-refractivity contribution >= 4 is 21.6 Å². The SMILES string of the molecule is CC(C)c1ccnc(-c2[c-]c3nc(-c4ccccc4)sc3c(-c3ccccc3)c2)c1.[Ir].[c-]1ccccc1-c1ccccn1. The number of pyridine rings is 2. The summed E-state index contributed by atoms with van der Waals surface area (Å²) in [4.78, 5) is 13.8. The van der Waals surface area contributed by atoms with E-state index in [1.807, 2.05) is 60.8 Å². The van der Waals surface area contributed by atoms with E-state index in [9.17, 15) is 0 Å². The molecule has 3 nitrogen and oxygen atoms in total. The van der Waals surface area contributed by atoms with E-state index < -0.39 is 0 Å². The standard InChI is InChI=1S/C27H21N2S.C11H8N.Ir/c1-18(2)21-13-14-28-24(16-21)22-15-23(19-9-5-3-6-10-19)26-25(17-22)29-27(30-26)20-11-7-4-8-12-20;1-2-6-10(7-3-1)11-8-4-5-9-12-11;/h3-16,18H,1-2H3;1-6,8-9H;/q2*-1;. The van der Waals surface area contributed by atoms with E-state index in [-0.39, 0.29) is 20.1 Å². The molecule has 0 spiro atoms. The van der Waals surface area contributed by atoms with Gasteiger partial charge >= 0.3 is 0 Å². The van der Waals surface area contributed by atoms with Crippen molar-refractivity contribution in [1.29, 1.82) is 0 Å². The van der Waals surface area contributed by atoms with Crippen LogP contribution in [0.4, 0.5) is 0 Å². The Labute approximate surface area is 270 Å². The van der Waals surface area contributed by atoms with Crippen LogP contribution in [0.1, 0.15) is 25.3 Å². The van der Waals surface area contributed by atoms with Crippen molar-refractivity contribution in [3.05, 3.63) is 151 Å². The second-order valence-corrected chi connectivity index (χ2v) is 11.1. The van der Waals surface area contributed by atoms with Crippen LogP contribution in [-0.4, -0.2) is 15.0 Å². The van der Waals surface area contributed by atoms with Crippen LogP contribution >= 0.6 is 11.3 Å². The molecule has 0 fully saturated rings. The molecule has 0 saturated carbocycles. The predicted molar refractivity (Wildman–Crippen MR) is 175 cm³/mol. The smallest absolute Gasteiger partial charge is 0.113 e. The molecule has 3 aromatic heterocycles. The van der Waals surface area contributed by atoms with Crippen molar-refractivity contribution in [2.24, 2.45) is 0 Å². The molecule has 0 aliphatic carbocycles. The zero-order chi connectivity index (χ0) is 28.7. The fourth-order valence-electron chi connectivity index (χ4n) is 4.66. The topological polar surface area (TPSA) is 38.7 Å². The number of benzene rings is 4. The van der Waals surface area contributed by atoms with Gasteiger partial charge < -0.3 is 9.97 Å². The molecule has 0 bridgehead atoms. The number of thiazole rings is 1. The van der Waals surface area contributed by atoms with E-state index in [0.29, 0.717) is 5.92 Å². The summed E-state index contributed by atoms with van der Waals surface area (Å²) in [6, 6.07) is 47.7. The molecular weight excluding hydrogens is 723 g/mol. The minimum absolute atomic E-state index is 0. The average molecular weight is 752 g/mol. The minimum atomic E-state index is 0. The zero-order valence-electron chi connectivity index (χ0n) is 23.9. The van der Waals surface area contributed by atoms with Crippen molar-refractivity contribution in [2.75, 3.05) is 0 Å². The summed E-state index contributed by atoms with van der Waals surface area (Å²) in [7, 11) is 0. The van der Waals surface area contributed by atoms with Crippen LogP contribution < -0.4 is 0 Å². The van der Waals surface area contributed by atoms with Crippen molar-refractivity contribution < 1.29 is 20.1 Å². The molecule has 0 N–H and O–H groups in total. The Kier molecular flexibility index (Phi) is 10.0. The molecule has 5 heteroatoms. The Balaban J connectivity index is 0.000000238. The number of hydrogen-bond donors (Lipinski definition) is 0. The number of nitrogens with zero attached hydrogens (tertiary/aromatic N) is 3. The molecular formula is C38H29IrN3S-2. The van der Waals surface area contributed by atoms with Gasteiger partial charge in [0, 0.05) is 38.1 Å². The Bertz CT molecular complexity index is 1850. The molecule has 0 aliphatic rings. The third-order valence-electron chi connectivity index (χ3n) is 6.90. The van der Waals surface area contributed by atoms with Crippen molar-refractivity contribution in [1.82, 2.24) is 15.0 Å². The van der Waals surface area contributed by atoms with E-state index >= 15 is 0 Å². The van der Waals surface area contributed by atoms with Crippen molar-refractivity contribution in [3.63, 3.8) is 0 Å². The van der Waals surface area contributed by atoms with Crippen LogP contribution in [0.2, 0.25) is 0 Å².